The molecule has 3 N–H and O–H groups in total. The van der Waals surface area contributed by atoms with Crippen molar-refractivity contribution >= 4 is 17.7 Å². The minimum absolute atomic E-state index is 0.0792. The first-order chi connectivity index (χ1) is 11.6. The number of aromatic amines is 1. The lowest BCUT2D eigenvalue weighted by molar-refractivity contribution is 0.262. The van der Waals surface area contributed by atoms with Gasteiger partial charge in [-0.05, 0) is 31.2 Å². The van der Waals surface area contributed by atoms with Crippen molar-refractivity contribution in [1.29, 1.82) is 0 Å². The lowest BCUT2D eigenvalue weighted by Gasteiger charge is -2.07. The number of aryl methyl sites for hydroxylation is 1. The molecule has 24 heavy (non-hydrogen) atoms. The maximum absolute atomic E-state index is 11.9. The molecule has 120 valence electrons. The fraction of sp³-hybridized carbons (Fsp3) is 0.0625. The number of amides is 2. The molecule has 8 heteroatoms. The predicted octanol–water partition coefficient (Wildman–Crippen LogP) is 2.18. The number of rotatable bonds is 3. The number of hydrogen-bond acceptors (Lipinski definition) is 5. The number of aromatic nitrogens is 4. The summed E-state index contributed by atoms with van der Waals surface area (Å²) in [4.78, 5) is 38.2. The number of hydrogen-bond donors (Lipinski definition) is 3. The van der Waals surface area contributed by atoms with Crippen molar-refractivity contribution in [2.45, 2.75) is 6.92 Å². The van der Waals surface area contributed by atoms with Crippen LogP contribution in [0, 0.1) is 6.92 Å². The number of urea groups is 1. The second-order valence-corrected chi connectivity index (χ2v) is 4.96. The van der Waals surface area contributed by atoms with Gasteiger partial charge < -0.3 is 5.32 Å². The van der Waals surface area contributed by atoms with Crippen LogP contribution in [-0.2, 0) is 0 Å². The Morgan fingerprint density at radius 3 is 2.58 bits per heavy atom. The van der Waals surface area contributed by atoms with Gasteiger partial charge in [-0.2, -0.15) is 0 Å². The third kappa shape index (κ3) is 3.80. The SMILES string of the molecule is Cc1cc(=O)[nH]c(NC(=O)Nc2ccc(-c3ccccn3)nc2)n1. The van der Waals surface area contributed by atoms with Gasteiger partial charge >= 0.3 is 6.03 Å². The number of nitrogens with one attached hydrogen (secondary N) is 3. The van der Waals surface area contributed by atoms with Gasteiger partial charge in [0.25, 0.3) is 5.56 Å². The number of nitrogens with zero attached hydrogens (tertiary/aromatic N) is 3. The molecule has 0 saturated carbocycles. The Kier molecular flexibility index (Phi) is 4.28. The summed E-state index contributed by atoms with van der Waals surface area (Å²) < 4.78 is 0. The second kappa shape index (κ2) is 6.69. The van der Waals surface area contributed by atoms with Crippen molar-refractivity contribution in [2.75, 3.05) is 10.6 Å². The fourth-order valence-electron chi connectivity index (χ4n) is 2.04. The number of H-pyrrole nitrogens is 1. The van der Waals surface area contributed by atoms with Gasteiger partial charge in [0, 0.05) is 18.0 Å². The minimum Gasteiger partial charge on any atom is -0.306 e. The van der Waals surface area contributed by atoms with Crippen molar-refractivity contribution in [3.8, 4) is 11.4 Å². The molecule has 2 amide bonds. The van der Waals surface area contributed by atoms with E-state index < -0.39 is 6.03 Å². The van der Waals surface area contributed by atoms with Crippen molar-refractivity contribution in [3.05, 3.63) is 64.8 Å². The monoisotopic (exact) mass is 322 g/mol. The van der Waals surface area contributed by atoms with E-state index in [4.69, 9.17) is 0 Å². The van der Waals surface area contributed by atoms with E-state index in [-0.39, 0.29) is 11.5 Å². The summed E-state index contributed by atoms with van der Waals surface area (Å²) in [5.41, 5.74) is 2.12. The second-order valence-electron chi connectivity index (χ2n) is 4.96. The molecule has 3 heterocycles. The molecular weight excluding hydrogens is 308 g/mol. The third-order valence-corrected chi connectivity index (χ3v) is 3.05. The van der Waals surface area contributed by atoms with E-state index in [1.54, 1.807) is 25.3 Å². The van der Waals surface area contributed by atoms with E-state index >= 15 is 0 Å². The molecular formula is C16H14N6O2. The van der Waals surface area contributed by atoms with Crippen molar-refractivity contribution < 1.29 is 4.79 Å². The molecule has 0 saturated heterocycles. The summed E-state index contributed by atoms with van der Waals surface area (Å²) in [7, 11) is 0. The standard InChI is InChI=1S/C16H14N6O2/c1-10-8-14(23)21-15(19-10)22-16(24)20-11-5-6-13(18-9-11)12-4-2-3-7-17-12/h2-9H,1H3,(H3,19,20,21,22,23,24). The summed E-state index contributed by atoms with van der Waals surface area (Å²) in [6.45, 7) is 1.67. The summed E-state index contributed by atoms with van der Waals surface area (Å²) in [5, 5.41) is 5.07. The van der Waals surface area contributed by atoms with E-state index in [1.165, 1.54) is 12.3 Å². The fourth-order valence-corrected chi connectivity index (χ4v) is 2.04. The van der Waals surface area contributed by atoms with Gasteiger partial charge in [-0.1, -0.05) is 6.07 Å². The zero-order chi connectivity index (χ0) is 16.9. The lowest BCUT2D eigenvalue weighted by Crippen LogP contribution is -2.23. The molecule has 8 nitrogen and oxygen atoms in total. The van der Waals surface area contributed by atoms with Gasteiger partial charge in [-0.25, -0.2) is 9.78 Å². The molecule has 0 aliphatic heterocycles. The Morgan fingerprint density at radius 1 is 1.08 bits per heavy atom. The average Bonchev–Trinajstić information content (AvgIpc) is 2.55. The first-order valence-electron chi connectivity index (χ1n) is 7.13. The highest BCUT2D eigenvalue weighted by Gasteiger charge is 2.06. The molecule has 3 rings (SSSR count). The topological polar surface area (TPSA) is 113 Å². The molecule has 3 aromatic rings. The van der Waals surface area contributed by atoms with Gasteiger partial charge in [0.05, 0.1) is 23.3 Å². The Bertz CT molecular complexity index is 906. The molecule has 3 aromatic heterocycles. The Balaban J connectivity index is 1.67. The van der Waals surface area contributed by atoms with E-state index in [0.29, 0.717) is 17.1 Å². The van der Waals surface area contributed by atoms with Gasteiger partial charge in [0.2, 0.25) is 5.95 Å². The Hall–Kier alpha value is -3.55. The maximum atomic E-state index is 11.9. The van der Waals surface area contributed by atoms with Crippen LogP contribution in [0.25, 0.3) is 11.4 Å². The highest BCUT2D eigenvalue weighted by atomic mass is 16.2. The number of anilines is 2. The molecule has 0 aliphatic rings. The maximum Gasteiger partial charge on any atom is 0.326 e. The molecule has 0 fully saturated rings. The Morgan fingerprint density at radius 2 is 1.92 bits per heavy atom. The van der Waals surface area contributed by atoms with Gasteiger partial charge in [0.1, 0.15) is 0 Å². The van der Waals surface area contributed by atoms with Gasteiger partial charge in [-0.15, -0.1) is 0 Å². The van der Waals surface area contributed by atoms with Crippen molar-refractivity contribution in [1.82, 2.24) is 19.9 Å². The van der Waals surface area contributed by atoms with Crippen LogP contribution in [-0.4, -0.2) is 26.0 Å². The number of carbonyl (C=O) groups is 1. The molecule has 0 unspecified atom stereocenters. The number of pyridine rings is 2. The van der Waals surface area contributed by atoms with Crippen molar-refractivity contribution in [3.63, 3.8) is 0 Å². The molecule has 0 aliphatic carbocycles. The van der Waals surface area contributed by atoms with Crippen LogP contribution in [0.1, 0.15) is 5.69 Å². The largest absolute Gasteiger partial charge is 0.326 e. The average molecular weight is 322 g/mol. The first-order valence-corrected chi connectivity index (χ1v) is 7.13. The van der Waals surface area contributed by atoms with Crippen molar-refractivity contribution in [2.24, 2.45) is 0 Å². The highest BCUT2D eigenvalue weighted by Crippen LogP contribution is 2.15. The molecule has 0 bridgehead atoms. The van der Waals surface area contributed by atoms with Crippen LogP contribution < -0.4 is 16.2 Å². The predicted molar refractivity (Wildman–Crippen MR) is 89.7 cm³/mol. The third-order valence-electron chi connectivity index (χ3n) is 3.05. The van der Waals surface area contributed by atoms with E-state index in [2.05, 4.69) is 30.6 Å². The van der Waals surface area contributed by atoms with E-state index in [9.17, 15) is 9.59 Å². The Labute approximate surface area is 137 Å². The van der Waals surface area contributed by atoms with Gasteiger partial charge in [-0.3, -0.25) is 25.1 Å². The first kappa shape index (κ1) is 15.3. The zero-order valence-electron chi connectivity index (χ0n) is 12.8. The van der Waals surface area contributed by atoms with E-state index in [1.807, 2.05) is 18.2 Å². The van der Waals surface area contributed by atoms with E-state index in [0.717, 1.165) is 5.69 Å². The summed E-state index contributed by atoms with van der Waals surface area (Å²) in [6, 6.07) is 9.82. The van der Waals surface area contributed by atoms with Crippen LogP contribution in [0.2, 0.25) is 0 Å². The van der Waals surface area contributed by atoms with Crippen LogP contribution in [0.15, 0.2) is 53.6 Å². The van der Waals surface area contributed by atoms with Crippen LogP contribution in [0.3, 0.4) is 0 Å². The number of carbonyl (C=O) groups excluding carboxylic acids is 1. The quantitative estimate of drug-likeness (QED) is 0.684. The minimum atomic E-state index is -0.531. The molecule has 0 atom stereocenters. The molecule has 0 spiro atoms. The molecule has 0 aromatic carbocycles. The van der Waals surface area contributed by atoms with Gasteiger partial charge in [0.15, 0.2) is 0 Å². The van der Waals surface area contributed by atoms with Crippen LogP contribution in [0.4, 0.5) is 16.4 Å². The van der Waals surface area contributed by atoms with Crippen LogP contribution in [0.5, 0.6) is 0 Å². The zero-order valence-corrected chi connectivity index (χ0v) is 12.8. The summed E-state index contributed by atoms with van der Waals surface area (Å²) in [5.74, 6) is 0.0792. The summed E-state index contributed by atoms with van der Waals surface area (Å²) >= 11 is 0. The summed E-state index contributed by atoms with van der Waals surface area (Å²) in [6.07, 6.45) is 3.21. The lowest BCUT2D eigenvalue weighted by atomic mass is 10.2. The van der Waals surface area contributed by atoms with Crippen LogP contribution >= 0.6 is 0 Å². The molecule has 0 radical (unpaired) electrons. The smallest absolute Gasteiger partial charge is 0.306 e. The highest BCUT2D eigenvalue weighted by molar-refractivity contribution is 5.98. The normalized spacial score (nSPS) is 10.2.